The van der Waals surface area contributed by atoms with Gasteiger partial charge in [-0.2, -0.15) is 0 Å². The molecule has 0 spiro atoms. The lowest BCUT2D eigenvalue weighted by Crippen LogP contribution is -2.30. The fourth-order valence-corrected chi connectivity index (χ4v) is 2.74. The lowest BCUT2D eigenvalue weighted by molar-refractivity contribution is -0.122. The molecule has 0 radical (unpaired) electrons. The second kappa shape index (κ2) is 7.00. The zero-order valence-electron chi connectivity index (χ0n) is 11.4. The first-order valence-corrected chi connectivity index (χ1v) is 7.82. The van der Waals surface area contributed by atoms with Gasteiger partial charge in [0, 0.05) is 11.1 Å². The van der Waals surface area contributed by atoms with Gasteiger partial charge in [0.25, 0.3) is 11.8 Å². The molecule has 0 aliphatic heterocycles. The van der Waals surface area contributed by atoms with Gasteiger partial charge in [0.1, 0.15) is 10.8 Å². The van der Waals surface area contributed by atoms with Crippen LogP contribution in [0.3, 0.4) is 0 Å². The van der Waals surface area contributed by atoms with Crippen LogP contribution in [0.15, 0.2) is 29.6 Å². The first-order chi connectivity index (χ1) is 10.4. The van der Waals surface area contributed by atoms with Gasteiger partial charge in [0.2, 0.25) is 0 Å². The topological polar surface area (TPSA) is 81.4 Å². The van der Waals surface area contributed by atoms with Crippen LogP contribution < -0.4 is 15.8 Å². The summed E-state index contributed by atoms with van der Waals surface area (Å²) in [5.41, 5.74) is 5.48. The smallest absolute Gasteiger partial charge is 0.265 e. The van der Waals surface area contributed by atoms with Crippen molar-refractivity contribution in [1.29, 1.82) is 0 Å². The van der Waals surface area contributed by atoms with E-state index in [1.165, 1.54) is 17.4 Å². The summed E-state index contributed by atoms with van der Waals surface area (Å²) in [6.45, 7) is 1.56. The summed E-state index contributed by atoms with van der Waals surface area (Å²) >= 11 is 13.0. The predicted octanol–water partition coefficient (Wildman–Crippen LogP) is 3.56. The number of carbonyl (C=O) groups excluding carboxylic acids is 2. The number of primary amides is 1. The summed E-state index contributed by atoms with van der Waals surface area (Å²) in [7, 11) is 0. The molecule has 8 heteroatoms. The minimum Gasteiger partial charge on any atom is -0.479 e. The number of hydrogen-bond acceptors (Lipinski definition) is 4. The second-order valence-corrected chi connectivity index (χ2v) is 6.11. The third-order valence-corrected chi connectivity index (χ3v) is 4.11. The van der Waals surface area contributed by atoms with Crippen LogP contribution in [0.1, 0.15) is 17.3 Å². The van der Waals surface area contributed by atoms with E-state index >= 15 is 0 Å². The molecule has 1 aromatic carbocycles. The summed E-state index contributed by atoms with van der Waals surface area (Å²) in [5, 5.41) is 5.44. The number of nitrogens with one attached hydrogen (secondary N) is 1. The molecule has 1 heterocycles. The van der Waals surface area contributed by atoms with Crippen LogP contribution in [0, 0.1) is 0 Å². The van der Waals surface area contributed by atoms with Crippen molar-refractivity contribution in [3.8, 4) is 5.75 Å². The maximum absolute atomic E-state index is 12.1. The molecule has 0 bridgehead atoms. The molecule has 22 heavy (non-hydrogen) atoms. The van der Waals surface area contributed by atoms with E-state index in [0.29, 0.717) is 20.8 Å². The van der Waals surface area contributed by atoms with E-state index < -0.39 is 17.9 Å². The van der Waals surface area contributed by atoms with Crippen LogP contribution in [0.25, 0.3) is 0 Å². The van der Waals surface area contributed by atoms with Crippen molar-refractivity contribution in [2.45, 2.75) is 13.0 Å². The summed E-state index contributed by atoms with van der Waals surface area (Å²) in [6, 6.07) is 6.26. The summed E-state index contributed by atoms with van der Waals surface area (Å²) in [4.78, 5) is 23.3. The lowest BCUT2D eigenvalue weighted by Gasteiger charge is -2.15. The van der Waals surface area contributed by atoms with Crippen molar-refractivity contribution in [3.05, 3.63) is 45.3 Å². The number of rotatable bonds is 5. The first-order valence-electron chi connectivity index (χ1n) is 6.18. The molecule has 116 valence electrons. The zero-order valence-corrected chi connectivity index (χ0v) is 13.8. The van der Waals surface area contributed by atoms with Gasteiger partial charge in [-0.25, -0.2) is 0 Å². The van der Waals surface area contributed by atoms with Gasteiger partial charge >= 0.3 is 0 Å². The molecule has 0 fully saturated rings. The fraction of sp³-hybridized carbons (Fsp3) is 0.143. The third-order valence-electron chi connectivity index (χ3n) is 2.73. The van der Waals surface area contributed by atoms with Crippen molar-refractivity contribution in [1.82, 2.24) is 0 Å². The molecule has 2 aromatic rings. The number of benzene rings is 1. The van der Waals surface area contributed by atoms with Crippen LogP contribution in [-0.4, -0.2) is 17.9 Å². The van der Waals surface area contributed by atoms with Crippen LogP contribution >= 0.6 is 34.5 Å². The number of ether oxygens (including phenoxy) is 1. The summed E-state index contributed by atoms with van der Waals surface area (Å²) in [6.07, 6.45) is -0.834. The molecular formula is C14H12Cl2N2O3S. The number of halogens is 2. The van der Waals surface area contributed by atoms with Crippen LogP contribution in [0.2, 0.25) is 10.0 Å². The van der Waals surface area contributed by atoms with E-state index in [4.69, 9.17) is 33.7 Å². The van der Waals surface area contributed by atoms with Gasteiger partial charge in [-0.3, -0.25) is 9.59 Å². The van der Waals surface area contributed by atoms with Gasteiger partial charge in [-0.1, -0.05) is 23.2 Å². The fourth-order valence-electron chi connectivity index (χ4n) is 1.63. The molecule has 0 saturated carbocycles. The Balaban J connectivity index is 2.08. The van der Waals surface area contributed by atoms with Crippen molar-refractivity contribution < 1.29 is 14.3 Å². The largest absolute Gasteiger partial charge is 0.479 e. The number of amides is 2. The monoisotopic (exact) mass is 358 g/mol. The number of hydrogen-bond donors (Lipinski definition) is 2. The normalized spacial score (nSPS) is 11.8. The Bertz CT molecular complexity index is 718. The van der Waals surface area contributed by atoms with E-state index in [9.17, 15) is 9.59 Å². The average molecular weight is 359 g/mol. The van der Waals surface area contributed by atoms with E-state index in [0.717, 1.165) is 0 Å². The Kier molecular flexibility index (Phi) is 5.28. The van der Waals surface area contributed by atoms with Gasteiger partial charge in [-0.15, -0.1) is 11.3 Å². The molecule has 3 N–H and O–H groups in total. The molecule has 1 aromatic heterocycles. The third kappa shape index (κ3) is 3.91. The Morgan fingerprint density at radius 3 is 2.73 bits per heavy atom. The molecular weight excluding hydrogens is 347 g/mol. The van der Waals surface area contributed by atoms with Gasteiger partial charge in [0.15, 0.2) is 6.10 Å². The maximum atomic E-state index is 12.1. The second-order valence-electron chi connectivity index (χ2n) is 4.35. The Labute approximate surface area is 141 Å². The van der Waals surface area contributed by atoms with E-state index in [1.807, 2.05) is 0 Å². The zero-order chi connectivity index (χ0) is 16.3. The number of thiophene rings is 1. The quantitative estimate of drug-likeness (QED) is 0.857. The number of carbonyl (C=O) groups is 2. The van der Waals surface area contributed by atoms with Crippen LogP contribution in [-0.2, 0) is 4.79 Å². The number of nitrogens with two attached hydrogens (primary N) is 1. The SMILES string of the molecule is C[C@H](Oc1cc(Cl)ccc1Cl)C(=O)Nc1sccc1C(N)=O. The molecule has 0 unspecified atom stereocenters. The van der Waals surface area contributed by atoms with Gasteiger partial charge < -0.3 is 15.8 Å². The lowest BCUT2D eigenvalue weighted by atomic mass is 10.3. The van der Waals surface area contributed by atoms with E-state index in [2.05, 4.69) is 5.32 Å². The summed E-state index contributed by atoms with van der Waals surface area (Å²) < 4.78 is 5.50. The molecule has 5 nitrogen and oxygen atoms in total. The van der Waals surface area contributed by atoms with Crippen molar-refractivity contribution in [3.63, 3.8) is 0 Å². The van der Waals surface area contributed by atoms with Crippen LogP contribution in [0.4, 0.5) is 5.00 Å². The highest BCUT2D eigenvalue weighted by atomic mass is 35.5. The molecule has 0 aliphatic carbocycles. The highest BCUT2D eigenvalue weighted by molar-refractivity contribution is 7.14. The van der Waals surface area contributed by atoms with Crippen LogP contribution in [0.5, 0.6) is 5.75 Å². The standard InChI is InChI=1S/C14H12Cl2N2O3S/c1-7(21-11-6-8(15)2-3-10(11)16)13(20)18-14-9(12(17)19)4-5-22-14/h2-7H,1H3,(H2,17,19)(H,18,20)/t7-/m0/s1. The highest BCUT2D eigenvalue weighted by Crippen LogP contribution is 2.29. The predicted molar refractivity (Wildman–Crippen MR) is 88.0 cm³/mol. The van der Waals surface area contributed by atoms with Gasteiger partial charge in [0.05, 0.1) is 10.6 Å². The van der Waals surface area contributed by atoms with E-state index in [-0.39, 0.29) is 5.56 Å². The van der Waals surface area contributed by atoms with Crippen molar-refractivity contribution >= 4 is 51.4 Å². The minimum absolute atomic E-state index is 0.256. The van der Waals surface area contributed by atoms with Gasteiger partial charge in [-0.05, 0) is 30.5 Å². The molecule has 1 atom stereocenters. The molecule has 0 aliphatic rings. The Morgan fingerprint density at radius 2 is 2.05 bits per heavy atom. The number of anilines is 1. The molecule has 2 amide bonds. The highest BCUT2D eigenvalue weighted by Gasteiger charge is 2.19. The van der Waals surface area contributed by atoms with Crippen molar-refractivity contribution in [2.24, 2.45) is 5.73 Å². The molecule has 2 rings (SSSR count). The molecule has 0 saturated heterocycles. The minimum atomic E-state index is -0.834. The van der Waals surface area contributed by atoms with Crippen molar-refractivity contribution in [2.75, 3.05) is 5.32 Å². The van der Waals surface area contributed by atoms with E-state index in [1.54, 1.807) is 30.5 Å². The Morgan fingerprint density at radius 1 is 1.32 bits per heavy atom. The maximum Gasteiger partial charge on any atom is 0.265 e. The Hall–Kier alpha value is -1.76. The average Bonchev–Trinajstić information content (AvgIpc) is 2.91. The first kappa shape index (κ1) is 16.6. The summed E-state index contributed by atoms with van der Waals surface area (Å²) in [5.74, 6) is -0.734.